The maximum Gasteiger partial charge on any atom is 0.0781 e. The highest BCUT2D eigenvalue weighted by molar-refractivity contribution is 5.16. The Morgan fingerprint density at radius 1 is 0.556 bits per heavy atom. The number of hydrogen-bond donors (Lipinski definition) is 0. The Hall–Kier alpha value is -0.560. The molecule has 0 aromatic heterocycles. The Bertz CT molecular complexity index is 520. The summed E-state index contributed by atoms with van der Waals surface area (Å²) in [6, 6.07) is 0. The summed E-state index contributed by atoms with van der Waals surface area (Å²) in [5.74, 6) is 7.20. The first-order valence-electron chi connectivity index (χ1n) is 12.1. The molecule has 0 spiro atoms. The van der Waals surface area contributed by atoms with Gasteiger partial charge in [-0.1, -0.05) is 12.2 Å². The normalized spacial score (nSPS) is 57.2. The average molecular weight is 367 g/mol. The van der Waals surface area contributed by atoms with Crippen LogP contribution in [-0.4, -0.2) is 11.2 Å². The Morgan fingerprint density at radius 3 is 1.11 bits per heavy atom. The van der Waals surface area contributed by atoms with Crippen LogP contribution >= 0.6 is 0 Å². The van der Waals surface area contributed by atoms with Crippen molar-refractivity contribution in [2.45, 2.75) is 88.3 Å². The minimum absolute atomic E-state index is 0.105. The molecule has 0 aromatic carbocycles. The summed E-state index contributed by atoms with van der Waals surface area (Å²) in [5.41, 5.74) is 0.209. The SMILES string of the molecule is C=CCC1(OC2(CC=C)C3CC4CC(C3)CC2C4)C2CC3CC(C2)CC1C3. The van der Waals surface area contributed by atoms with Crippen LogP contribution in [0.1, 0.15) is 77.0 Å². The van der Waals surface area contributed by atoms with E-state index < -0.39 is 0 Å². The molecule has 0 unspecified atom stereocenters. The van der Waals surface area contributed by atoms with Gasteiger partial charge in [-0.2, -0.15) is 0 Å². The first kappa shape index (κ1) is 17.3. The van der Waals surface area contributed by atoms with Crippen molar-refractivity contribution in [3.05, 3.63) is 25.3 Å². The molecule has 0 amide bonds. The molecule has 1 heteroatoms. The lowest BCUT2D eigenvalue weighted by molar-refractivity contribution is -0.308. The van der Waals surface area contributed by atoms with Crippen molar-refractivity contribution in [3.8, 4) is 0 Å². The van der Waals surface area contributed by atoms with Gasteiger partial charge >= 0.3 is 0 Å². The first-order valence-corrected chi connectivity index (χ1v) is 12.1. The van der Waals surface area contributed by atoms with Crippen LogP contribution in [0.25, 0.3) is 0 Å². The molecular weight excluding hydrogens is 328 g/mol. The fourth-order valence-corrected chi connectivity index (χ4v) is 9.85. The molecule has 0 saturated heterocycles. The third-order valence-corrected chi connectivity index (χ3v) is 10.3. The molecule has 8 saturated carbocycles. The van der Waals surface area contributed by atoms with Crippen molar-refractivity contribution in [1.29, 1.82) is 0 Å². The van der Waals surface area contributed by atoms with Crippen molar-refractivity contribution in [2.24, 2.45) is 47.3 Å². The van der Waals surface area contributed by atoms with Crippen molar-refractivity contribution >= 4 is 0 Å². The molecule has 148 valence electrons. The van der Waals surface area contributed by atoms with E-state index >= 15 is 0 Å². The molecule has 0 aromatic rings. The van der Waals surface area contributed by atoms with Crippen molar-refractivity contribution in [3.63, 3.8) is 0 Å². The smallest absolute Gasteiger partial charge is 0.0781 e. The van der Waals surface area contributed by atoms with E-state index in [0.717, 1.165) is 60.2 Å². The highest BCUT2D eigenvalue weighted by Gasteiger charge is 2.64. The maximum absolute atomic E-state index is 7.72. The molecule has 27 heavy (non-hydrogen) atoms. The monoisotopic (exact) mass is 366 g/mol. The van der Waals surface area contributed by atoms with E-state index in [4.69, 9.17) is 4.74 Å². The molecule has 8 aliphatic carbocycles. The first-order chi connectivity index (χ1) is 13.1. The van der Waals surface area contributed by atoms with E-state index in [2.05, 4.69) is 25.3 Å². The Labute approximate surface area is 166 Å². The summed E-state index contributed by atoms with van der Waals surface area (Å²) < 4.78 is 7.72. The molecule has 0 radical (unpaired) electrons. The summed E-state index contributed by atoms with van der Waals surface area (Å²) in [6.07, 6.45) is 21.1. The fourth-order valence-electron chi connectivity index (χ4n) is 9.85. The van der Waals surface area contributed by atoms with Crippen molar-refractivity contribution < 1.29 is 4.74 Å². The molecule has 8 fully saturated rings. The van der Waals surface area contributed by atoms with Crippen LogP contribution in [-0.2, 0) is 4.74 Å². The topological polar surface area (TPSA) is 9.23 Å². The highest BCUT2D eigenvalue weighted by Crippen LogP contribution is 2.66. The fraction of sp³-hybridized carbons (Fsp3) is 0.846. The quantitative estimate of drug-likeness (QED) is 0.485. The van der Waals surface area contributed by atoms with Crippen LogP contribution in [0.15, 0.2) is 25.3 Å². The zero-order valence-corrected chi connectivity index (χ0v) is 17.1. The second-order valence-electron chi connectivity index (χ2n) is 11.6. The number of hydrogen-bond acceptors (Lipinski definition) is 1. The van der Waals surface area contributed by atoms with Gasteiger partial charge in [-0.15, -0.1) is 13.2 Å². The van der Waals surface area contributed by atoms with Gasteiger partial charge in [0.1, 0.15) is 0 Å². The molecule has 0 atom stereocenters. The van der Waals surface area contributed by atoms with Gasteiger partial charge in [-0.3, -0.25) is 0 Å². The maximum atomic E-state index is 7.72. The van der Waals surface area contributed by atoms with Crippen LogP contribution in [0, 0.1) is 47.3 Å². The molecule has 0 heterocycles. The molecular formula is C26H38O. The Kier molecular flexibility index (Phi) is 3.83. The van der Waals surface area contributed by atoms with Gasteiger partial charge in [0.05, 0.1) is 11.2 Å². The lowest BCUT2D eigenvalue weighted by Crippen LogP contribution is -2.67. The second kappa shape index (κ2) is 5.97. The second-order valence-corrected chi connectivity index (χ2v) is 11.6. The van der Waals surface area contributed by atoms with E-state index in [9.17, 15) is 0 Å². The van der Waals surface area contributed by atoms with Gasteiger partial charge in [0, 0.05) is 0 Å². The molecule has 8 rings (SSSR count). The largest absolute Gasteiger partial charge is 0.367 e. The van der Waals surface area contributed by atoms with E-state index in [0.29, 0.717) is 0 Å². The van der Waals surface area contributed by atoms with Gasteiger partial charge < -0.3 is 4.74 Å². The summed E-state index contributed by atoms with van der Waals surface area (Å²) in [7, 11) is 0. The number of rotatable bonds is 6. The average Bonchev–Trinajstić information content (AvgIpc) is 2.63. The lowest BCUT2D eigenvalue weighted by atomic mass is 9.47. The summed E-state index contributed by atoms with van der Waals surface area (Å²) in [4.78, 5) is 0. The van der Waals surface area contributed by atoms with Gasteiger partial charge in [0.2, 0.25) is 0 Å². The van der Waals surface area contributed by atoms with Gasteiger partial charge in [0.25, 0.3) is 0 Å². The van der Waals surface area contributed by atoms with E-state index in [1.54, 1.807) is 0 Å². The summed E-state index contributed by atoms with van der Waals surface area (Å²) in [5, 5.41) is 0. The van der Waals surface area contributed by atoms with E-state index in [1.807, 2.05) is 0 Å². The molecule has 0 N–H and O–H groups in total. The zero-order chi connectivity index (χ0) is 18.2. The lowest BCUT2D eigenvalue weighted by Gasteiger charge is -2.67. The predicted molar refractivity (Wildman–Crippen MR) is 110 cm³/mol. The molecule has 0 aliphatic heterocycles. The Balaban J connectivity index is 1.39. The van der Waals surface area contributed by atoms with Gasteiger partial charge in [-0.25, -0.2) is 0 Å². The van der Waals surface area contributed by atoms with Crippen molar-refractivity contribution in [1.82, 2.24) is 0 Å². The minimum atomic E-state index is 0.105. The van der Waals surface area contributed by atoms with Gasteiger partial charge in [0.15, 0.2) is 0 Å². The molecule has 8 bridgehead atoms. The zero-order valence-electron chi connectivity index (χ0n) is 17.1. The third-order valence-electron chi connectivity index (χ3n) is 10.3. The van der Waals surface area contributed by atoms with Crippen molar-refractivity contribution in [2.75, 3.05) is 0 Å². The van der Waals surface area contributed by atoms with Crippen LogP contribution in [0.3, 0.4) is 0 Å². The van der Waals surface area contributed by atoms with Crippen LogP contribution < -0.4 is 0 Å². The highest BCUT2D eigenvalue weighted by atomic mass is 16.5. The standard InChI is InChI=1S/C26H38O/c1-3-5-25(21-9-17-7-18(11-21)12-22(25)10-17)27-26(6-4-2)23-13-19-8-20(15-23)16-24(26)14-19/h3-4,17-24H,1-2,5-16H2. The Morgan fingerprint density at radius 2 is 0.852 bits per heavy atom. The predicted octanol–water partition coefficient (Wildman–Crippen LogP) is 6.55. The van der Waals surface area contributed by atoms with E-state index in [-0.39, 0.29) is 11.2 Å². The van der Waals surface area contributed by atoms with Crippen LogP contribution in [0.2, 0.25) is 0 Å². The molecule has 1 nitrogen and oxygen atoms in total. The summed E-state index contributed by atoms with van der Waals surface area (Å²) in [6.45, 7) is 8.42. The summed E-state index contributed by atoms with van der Waals surface area (Å²) >= 11 is 0. The molecule has 8 aliphatic rings. The van der Waals surface area contributed by atoms with E-state index in [1.165, 1.54) is 64.2 Å². The minimum Gasteiger partial charge on any atom is -0.367 e. The number of ether oxygens (including phenoxy) is 1. The van der Waals surface area contributed by atoms with Crippen LogP contribution in [0.4, 0.5) is 0 Å². The van der Waals surface area contributed by atoms with Crippen LogP contribution in [0.5, 0.6) is 0 Å². The third kappa shape index (κ3) is 2.33. The van der Waals surface area contributed by atoms with Gasteiger partial charge in [-0.05, 0) is 124 Å².